The van der Waals surface area contributed by atoms with Gasteiger partial charge in [0.1, 0.15) is 0 Å². The third-order valence-corrected chi connectivity index (χ3v) is 13.5. The van der Waals surface area contributed by atoms with Gasteiger partial charge in [0, 0.05) is 16.9 Å². The monoisotopic (exact) mass is 538 g/mol. The van der Waals surface area contributed by atoms with Gasteiger partial charge in [0.05, 0.1) is 22.7 Å². The van der Waals surface area contributed by atoms with E-state index in [4.69, 9.17) is 4.55 Å². The number of hydrogen-bond acceptors (Lipinski definition) is 8. The number of halogens is 4. The van der Waals surface area contributed by atoms with E-state index in [9.17, 15) is 41.0 Å². The highest BCUT2D eigenvalue weighted by atomic mass is 32.2. The van der Waals surface area contributed by atoms with Crippen molar-refractivity contribution >= 4 is 39.6 Å². The predicted molar refractivity (Wildman–Crippen MR) is 113 cm³/mol. The van der Waals surface area contributed by atoms with E-state index in [1.807, 2.05) is 0 Å². The largest absolute Gasteiger partial charge is 0.460 e. The Morgan fingerprint density at radius 2 is 1.52 bits per heavy atom. The summed E-state index contributed by atoms with van der Waals surface area (Å²) in [5.74, 6) is 0.280. The summed E-state index contributed by atoms with van der Waals surface area (Å²) >= 11 is 3.32. The molecule has 0 aromatic carbocycles. The molecule has 3 atom stereocenters. The van der Waals surface area contributed by atoms with Crippen molar-refractivity contribution in [3.8, 4) is 0 Å². The second-order valence-corrected chi connectivity index (χ2v) is 14.4. The number of hydrogen-bond donors (Lipinski definition) is 3. The van der Waals surface area contributed by atoms with Crippen molar-refractivity contribution < 1.29 is 50.3 Å². The summed E-state index contributed by atoms with van der Waals surface area (Å²) in [7, 11) is -6.23. The Balaban J connectivity index is 1.51. The van der Waals surface area contributed by atoms with Gasteiger partial charge in [-0.2, -0.15) is 21.6 Å². The summed E-state index contributed by atoms with van der Waals surface area (Å²) < 4.78 is 88.8. The van der Waals surface area contributed by atoms with E-state index in [-0.39, 0.29) is 35.0 Å². The van der Waals surface area contributed by atoms with Crippen LogP contribution < -0.4 is 0 Å². The molecule has 33 heavy (non-hydrogen) atoms. The molecular weight excluding hydrogens is 512 g/mol. The van der Waals surface area contributed by atoms with Crippen molar-refractivity contribution in [2.45, 2.75) is 47.4 Å². The molecule has 1 heterocycles. The lowest BCUT2D eigenvalue weighted by molar-refractivity contribution is -0.218. The molecule has 1 spiro atoms. The molecule has 1 saturated heterocycles. The average molecular weight is 539 g/mol. The molecule has 0 radical (unpaired) electrons. The van der Waals surface area contributed by atoms with Crippen molar-refractivity contribution in [1.29, 1.82) is 0 Å². The van der Waals surface area contributed by atoms with Gasteiger partial charge in [0.2, 0.25) is 0 Å². The number of carbonyl (C=O) groups excluding carboxylic acids is 1. The third-order valence-electron chi connectivity index (χ3n) is 7.86. The molecule has 0 aromatic rings. The Morgan fingerprint density at radius 1 is 1.00 bits per heavy atom. The Hall–Kier alpha value is -0.280. The first kappa shape index (κ1) is 25.8. The highest BCUT2D eigenvalue weighted by Gasteiger charge is 2.69. The SMILES string of the molecule is O=C(OCC(F)(C(F)(F)F)S(=O)(=O)O)C12CC3CC(C1)C1(SCC(CO)(CO)CS1)C(C3)C2. The van der Waals surface area contributed by atoms with Gasteiger partial charge >= 0.3 is 27.3 Å². The maximum absolute atomic E-state index is 14.3. The third kappa shape index (κ3) is 3.90. The van der Waals surface area contributed by atoms with E-state index in [0.29, 0.717) is 30.8 Å². The second kappa shape index (κ2) is 8.12. The molecule has 5 fully saturated rings. The first-order valence-corrected chi connectivity index (χ1v) is 14.0. The van der Waals surface area contributed by atoms with E-state index >= 15 is 0 Å². The zero-order valence-electron chi connectivity index (χ0n) is 17.5. The topological polar surface area (TPSA) is 121 Å². The van der Waals surface area contributed by atoms with Crippen LogP contribution in [-0.2, 0) is 19.6 Å². The van der Waals surface area contributed by atoms with E-state index in [2.05, 4.69) is 4.74 Å². The molecule has 3 N–H and O–H groups in total. The molecule has 4 aliphatic carbocycles. The number of ether oxygens (including phenoxy) is 1. The number of esters is 1. The van der Waals surface area contributed by atoms with E-state index < -0.39 is 44.7 Å². The quantitative estimate of drug-likeness (QED) is 0.266. The Morgan fingerprint density at radius 3 is 1.94 bits per heavy atom. The number of aliphatic hydroxyl groups is 2. The van der Waals surface area contributed by atoms with Gasteiger partial charge in [0.25, 0.3) is 0 Å². The average Bonchev–Trinajstić information content (AvgIpc) is 2.74. The minimum atomic E-state index is -6.23. The molecule has 7 nitrogen and oxygen atoms in total. The van der Waals surface area contributed by atoms with Crippen LogP contribution in [0.3, 0.4) is 0 Å². The van der Waals surface area contributed by atoms with Crippen LogP contribution >= 0.6 is 23.5 Å². The lowest BCUT2D eigenvalue weighted by Crippen LogP contribution is -2.62. The van der Waals surface area contributed by atoms with Crippen LogP contribution in [0.2, 0.25) is 0 Å². The molecule has 190 valence electrons. The van der Waals surface area contributed by atoms with Crippen molar-refractivity contribution in [3.63, 3.8) is 0 Å². The van der Waals surface area contributed by atoms with Crippen molar-refractivity contribution in [3.05, 3.63) is 0 Å². The molecule has 4 bridgehead atoms. The Bertz CT molecular complexity index is 880. The standard InChI is InChI=1S/C19H26F4O7S3/c20-17(19(21,22)23,33(27,28)29)8-30-14(26)16-3-11-1-12(4-16)18(13(2-11)5-16)31-9-15(6-24,7-25)10-32-18/h11-13,24-25H,1-10H2,(H,27,28,29). The van der Waals surface area contributed by atoms with E-state index in [1.54, 1.807) is 23.5 Å². The van der Waals surface area contributed by atoms with Gasteiger partial charge in [-0.05, 0) is 49.9 Å². The summed E-state index contributed by atoms with van der Waals surface area (Å²) in [6, 6.07) is 0. The van der Waals surface area contributed by atoms with Crippen molar-refractivity contribution in [2.75, 3.05) is 31.3 Å². The first-order chi connectivity index (χ1) is 15.2. The summed E-state index contributed by atoms with van der Waals surface area (Å²) in [5.41, 5.74) is -1.71. The number of carbonyl (C=O) groups is 1. The Labute approximate surface area is 197 Å². The molecule has 14 heteroatoms. The molecule has 0 aromatic heterocycles. The molecule has 5 aliphatic rings. The fraction of sp³-hybridized carbons (Fsp3) is 0.947. The minimum absolute atomic E-state index is 0.0426. The van der Waals surface area contributed by atoms with Crippen LogP contribution in [0.4, 0.5) is 17.6 Å². The lowest BCUT2D eigenvalue weighted by atomic mass is 9.49. The zero-order valence-corrected chi connectivity index (χ0v) is 20.0. The first-order valence-electron chi connectivity index (χ1n) is 10.6. The van der Waals surface area contributed by atoms with Gasteiger partial charge in [-0.15, -0.1) is 23.5 Å². The molecule has 0 amide bonds. The maximum atomic E-state index is 14.3. The van der Waals surface area contributed by atoms with Crippen LogP contribution in [0.15, 0.2) is 0 Å². The van der Waals surface area contributed by atoms with Crippen LogP contribution in [0, 0.1) is 28.6 Å². The van der Waals surface area contributed by atoms with E-state index in [1.165, 1.54) is 0 Å². The number of rotatable bonds is 6. The van der Waals surface area contributed by atoms with Gasteiger partial charge in [0.15, 0.2) is 6.61 Å². The zero-order chi connectivity index (χ0) is 24.5. The summed E-state index contributed by atoms with van der Waals surface area (Å²) in [5, 5.41) is 14.3. The molecule has 1 aliphatic heterocycles. The van der Waals surface area contributed by atoms with Crippen molar-refractivity contribution in [1.82, 2.24) is 0 Å². The normalized spacial score (nSPS) is 36.5. The number of alkyl halides is 4. The predicted octanol–water partition coefficient (Wildman–Crippen LogP) is 2.62. The molecule has 5 rings (SSSR count). The van der Waals surface area contributed by atoms with Crippen LogP contribution in [-0.4, -0.2) is 75.7 Å². The fourth-order valence-electron chi connectivity index (χ4n) is 6.11. The molecule has 3 unspecified atom stereocenters. The Kier molecular flexibility index (Phi) is 6.35. The maximum Gasteiger partial charge on any atom is 0.443 e. The van der Waals surface area contributed by atoms with Crippen LogP contribution in [0.5, 0.6) is 0 Å². The van der Waals surface area contributed by atoms with Gasteiger partial charge in [-0.25, -0.2) is 4.39 Å². The number of thioether (sulfide) groups is 2. The van der Waals surface area contributed by atoms with Gasteiger partial charge in [-0.3, -0.25) is 9.35 Å². The van der Waals surface area contributed by atoms with Crippen molar-refractivity contribution in [2.24, 2.45) is 28.6 Å². The highest BCUT2D eigenvalue weighted by molar-refractivity contribution is 8.18. The van der Waals surface area contributed by atoms with E-state index in [0.717, 1.165) is 12.8 Å². The van der Waals surface area contributed by atoms with Gasteiger partial charge in [-0.1, -0.05) is 0 Å². The number of aliphatic hydroxyl groups excluding tert-OH is 2. The van der Waals surface area contributed by atoms with Crippen LogP contribution in [0.25, 0.3) is 0 Å². The molecule has 4 saturated carbocycles. The second-order valence-electron chi connectivity index (χ2n) is 10.0. The highest BCUT2D eigenvalue weighted by Crippen LogP contribution is 2.72. The lowest BCUT2D eigenvalue weighted by Gasteiger charge is -2.65. The summed E-state index contributed by atoms with van der Waals surface area (Å²) in [6.45, 7) is -2.45. The van der Waals surface area contributed by atoms with Gasteiger partial charge < -0.3 is 14.9 Å². The summed E-state index contributed by atoms with van der Waals surface area (Å²) in [4.78, 5) is 13.0. The molecular formula is C19H26F4O7S3. The fourth-order valence-corrected chi connectivity index (χ4v) is 10.7. The summed E-state index contributed by atoms with van der Waals surface area (Å²) in [6.07, 6.45) is -3.26. The minimum Gasteiger partial charge on any atom is -0.460 e. The van der Waals surface area contributed by atoms with Crippen LogP contribution in [0.1, 0.15) is 32.1 Å². The smallest absolute Gasteiger partial charge is 0.443 e.